The van der Waals surface area contributed by atoms with E-state index in [-0.39, 0.29) is 41.6 Å². The topological polar surface area (TPSA) is 37.3 Å². The molecule has 0 aromatic heterocycles. The first-order chi connectivity index (χ1) is 13.0. The zero-order valence-electron chi connectivity index (χ0n) is 21.4. The monoisotopic (exact) mass is 450 g/mol. The summed E-state index contributed by atoms with van der Waals surface area (Å²) in [5.74, 6) is 0.313. The molecule has 0 saturated carbocycles. The number of aliphatic hydroxyl groups is 1. The number of rotatable bonds is 9. The Hall–Kier alpha value is -0.354. The Morgan fingerprint density at radius 1 is 0.867 bits per heavy atom. The van der Waals surface area contributed by atoms with Crippen molar-refractivity contribution in [1.29, 1.82) is 0 Å². The Morgan fingerprint density at radius 3 is 1.53 bits per heavy atom. The number of halogens is 1. The van der Waals surface area contributed by atoms with Gasteiger partial charge in [0.15, 0.2) is 0 Å². The van der Waals surface area contributed by atoms with E-state index in [1.165, 1.54) is 16.7 Å². The molecule has 0 aliphatic heterocycles. The van der Waals surface area contributed by atoms with Gasteiger partial charge in [-0.1, -0.05) is 54.4 Å². The minimum atomic E-state index is -0.290. The Labute approximate surface area is 210 Å². The molecule has 0 saturated heterocycles. The summed E-state index contributed by atoms with van der Waals surface area (Å²) in [6, 6.07) is 0. The summed E-state index contributed by atoms with van der Waals surface area (Å²) in [4.78, 5) is 10.0. The second kappa shape index (κ2) is 28.6. The van der Waals surface area contributed by atoms with Crippen LogP contribution in [0.1, 0.15) is 94.9 Å². The summed E-state index contributed by atoms with van der Waals surface area (Å²) in [6.45, 7) is 20.5. The summed E-state index contributed by atoms with van der Waals surface area (Å²) in [6.07, 6.45) is 14.7. The summed E-state index contributed by atoms with van der Waals surface area (Å²) in [5, 5.41) is 9.61. The van der Waals surface area contributed by atoms with Gasteiger partial charge in [-0.2, -0.15) is 13.8 Å². The molecule has 0 rings (SSSR count). The first kappa shape index (κ1) is 40.1. The average molecular weight is 451 g/mol. The first-order valence-electron chi connectivity index (χ1n) is 10.5. The zero-order valence-corrected chi connectivity index (χ0v) is 23.6. The van der Waals surface area contributed by atoms with Crippen LogP contribution in [0.15, 0.2) is 46.6 Å². The van der Waals surface area contributed by atoms with Gasteiger partial charge in [-0.05, 0) is 79.2 Å². The van der Waals surface area contributed by atoms with Crippen LogP contribution in [-0.2, 0) is 4.79 Å². The van der Waals surface area contributed by atoms with Crippen LogP contribution in [0.25, 0.3) is 0 Å². The molecule has 172 valence electrons. The molecule has 0 aromatic carbocycles. The van der Waals surface area contributed by atoms with Gasteiger partial charge in [-0.25, -0.2) is 0 Å². The van der Waals surface area contributed by atoms with Crippen molar-refractivity contribution in [2.24, 2.45) is 5.92 Å². The van der Waals surface area contributed by atoms with Crippen molar-refractivity contribution in [1.82, 2.24) is 0 Å². The fourth-order valence-electron chi connectivity index (χ4n) is 1.94. The molecule has 0 amide bonds. The smallest absolute Gasteiger partial charge is 1.00 e. The van der Waals surface area contributed by atoms with Gasteiger partial charge in [0.25, 0.3) is 0 Å². The molecule has 1 atom stereocenters. The molecule has 2 nitrogen and oxygen atoms in total. The second-order valence-electron chi connectivity index (χ2n) is 8.11. The maximum absolute atomic E-state index is 10.0. The van der Waals surface area contributed by atoms with Gasteiger partial charge in [-0.15, -0.1) is 0 Å². The number of aldehydes is 1. The first-order valence-corrected chi connectivity index (χ1v) is 10.5. The third-order valence-electron chi connectivity index (χ3n) is 3.67. The van der Waals surface area contributed by atoms with E-state index in [1.807, 2.05) is 47.1 Å². The predicted octanol–water partition coefficient (Wildman–Crippen LogP) is 4.43. The Bertz CT molecular complexity index is 495. The van der Waals surface area contributed by atoms with Crippen molar-refractivity contribution in [2.45, 2.75) is 101 Å². The molecule has 0 radical (unpaired) electrons. The van der Waals surface area contributed by atoms with Crippen molar-refractivity contribution >= 4 is 29.3 Å². The molecule has 0 bridgehead atoms. The van der Waals surface area contributed by atoms with E-state index in [2.05, 4.69) is 46.8 Å². The number of aliphatic hydroxyl groups excluding tert-OH is 1. The van der Waals surface area contributed by atoms with Crippen LogP contribution in [0, 0.1) is 12.3 Å². The molecule has 0 aliphatic rings. The van der Waals surface area contributed by atoms with E-state index in [0.29, 0.717) is 5.92 Å². The van der Waals surface area contributed by atoms with Gasteiger partial charge in [0.05, 0.1) is 6.10 Å². The molecule has 0 spiro atoms. The van der Waals surface area contributed by atoms with Crippen LogP contribution in [-0.4, -0.2) is 40.5 Å². The summed E-state index contributed by atoms with van der Waals surface area (Å²) < 4.78 is 0. The Morgan fingerprint density at radius 2 is 1.23 bits per heavy atom. The van der Waals surface area contributed by atoms with Crippen molar-refractivity contribution < 1.29 is 22.3 Å². The van der Waals surface area contributed by atoms with Gasteiger partial charge in [-0.3, -0.25) is 4.79 Å². The maximum atomic E-state index is 10.0. The fraction of sp³-hybridized carbons (Fsp3) is 0.615. The van der Waals surface area contributed by atoms with Crippen molar-refractivity contribution in [3.05, 3.63) is 53.0 Å². The minimum absolute atomic E-state index is 0. The summed E-state index contributed by atoms with van der Waals surface area (Å²) in [7, 11) is 0. The second-order valence-corrected chi connectivity index (χ2v) is 8.11. The quantitative estimate of drug-likeness (QED) is 0.185. The van der Waals surface area contributed by atoms with E-state index >= 15 is 0 Å². The third-order valence-corrected chi connectivity index (χ3v) is 3.67. The summed E-state index contributed by atoms with van der Waals surface area (Å²) >= 11 is 0. The predicted molar refractivity (Wildman–Crippen MR) is 133 cm³/mol. The van der Waals surface area contributed by atoms with Crippen molar-refractivity contribution in [2.75, 3.05) is 0 Å². The van der Waals surface area contributed by atoms with Crippen LogP contribution >= 0.6 is 0 Å². The van der Waals surface area contributed by atoms with Gasteiger partial charge in [0, 0.05) is 0 Å². The van der Waals surface area contributed by atoms with Crippen LogP contribution in [0.4, 0.5) is 0 Å². The SMILES string of the molecule is CC(C)=CCC/C(C)=C/C(O)C(C)C.CC(C)=CCC/C(C)=C/C=O.C[CH-]C.[Cl-].[Mg+2]. The summed E-state index contributed by atoms with van der Waals surface area (Å²) in [5.41, 5.74) is 5.13. The molecular weight excluding hydrogens is 404 g/mol. The Kier molecular flexibility index (Phi) is 38.2. The fourth-order valence-corrected chi connectivity index (χ4v) is 1.94. The van der Waals surface area contributed by atoms with Crippen LogP contribution in [0.2, 0.25) is 0 Å². The Balaban J connectivity index is -0.000000118. The van der Waals surface area contributed by atoms with Gasteiger partial charge in [0.1, 0.15) is 6.29 Å². The van der Waals surface area contributed by atoms with E-state index < -0.39 is 0 Å². The number of allylic oxidation sites excluding steroid dienone is 7. The number of hydrogen-bond donors (Lipinski definition) is 1. The molecular formula is C26H47ClMgO2. The molecule has 4 heteroatoms. The maximum Gasteiger partial charge on any atom is 2.00 e. The number of carbonyl (C=O) groups is 1. The molecule has 30 heavy (non-hydrogen) atoms. The molecule has 0 aromatic rings. The van der Waals surface area contributed by atoms with Gasteiger partial charge in [0.2, 0.25) is 0 Å². The largest absolute Gasteiger partial charge is 2.00 e. The minimum Gasteiger partial charge on any atom is -1.00 e. The van der Waals surface area contributed by atoms with E-state index in [0.717, 1.165) is 37.5 Å². The normalized spacial score (nSPS) is 11.3. The van der Waals surface area contributed by atoms with Crippen molar-refractivity contribution in [3.8, 4) is 0 Å². The molecule has 1 N–H and O–H groups in total. The average Bonchev–Trinajstić information content (AvgIpc) is 2.55. The van der Waals surface area contributed by atoms with Crippen molar-refractivity contribution in [3.63, 3.8) is 0 Å². The van der Waals surface area contributed by atoms with E-state index in [1.54, 1.807) is 6.08 Å². The zero-order chi connectivity index (χ0) is 22.5. The number of carbonyl (C=O) groups excluding carboxylic acids is 1. The molecule has 0 fully saturated rings. The van der Waals surface area contributed by atoms with Crippen LogP contribution in [0.5, 0.6) is 0 Å². The molecule has 1 unspecified atom stereocenters. The standard InChI is InChI=1S/C13H24O.C10H16O.C3H7.ClH.Mg/c1-10(2)7-6-8-12(5)9-13(14)11(3)4;1-9(2)5-4-6-10(3)7-8-11;1-3-2;;/h7,9,11,13-14H,6,8H2,1-5H3;5,7-8H,4,6H2,1-3H3;3H,1-2H3;1H;/q;;-1;;+2/p-1/b12-9+;10-7+;;;. The molecule has 0 heterocycles. The van der Waals surface area contributed by atoms with E-state index in [4.69, 9.17) is 0 Å². The van der Waals surface area contributed by atoms with Crippen LogP contribution < -0.4 is 12.4 Å². The third kappa shape index (κ3) is 38.3. The van der Waals surface area contributed by atoms with Gasteiger partial charge >= 0.3 is 23.1 Å². The van der Waals surface area contributed by atoms with E-state index in [9.17, 15) is 9.90 Å². The number of hydrogen-bond acceptors (Lipinski definition) is 2. The van der Waals surface area contributed by atoms with Gasteiger partial charge < -0.3 is 23.9 Å². The molecule has 0 aliphatic carbocycles. The van der Waals surface area contributed by atoms with Crippen LogP contribution in [0.3, 0.4) is 0 Å².